The van der Waals surface area contributed by atoms with Crippen LogP contribution in [-0.2, 0) is 16.0 Å². The van der Waals surface area contributed by atoms with Crippen molar-refractivity contribution in [3.63, 3.8) is 0 Å². The molecule has 0 aliphatic heterocycles. The average Bonchev–Trinajstić information content (AvgIpc) is 2.46. The number of amides is 2. The Kier molecular flexibility index (Phi) is 4.58. The van der Waals surface area contributed by atoms with Gasteiger partial charge in [-0.2, -0.15) is 0 Å². The highest BCUT2D eigenvalue weighted by molar-refractivity contribution is 5.89. The third-order valence-electron chi connectivity index (χ3n) is 3.49. The van der Waals surface area contributed by atoms with E-state index in [0.29, 0.717) is 6.42 Å². The summed E-state index contributed by atoms with van der Waals surface area (Å²) in [6.45, 7) is 3.57. The van der Waals surface area contributed by atoms with E-state index in [1.807, 2.05) is 42.5 Å². The molecule has 4 heteroatoms. The molecule has 0 aromatic heterocycles. The van der Waals surface area contributed by atoms with Gasteiger partial charge in [0.2, 0.25) is 11.8 Å². The van der Waals surface area contributed by atoms with Crippen molar-refractivity contribution in [3.8, 4) is 0 Å². The predicted molar refractivity (Wildman–Crippen MR) is 83.6 cm³/mol. The summed E-state index contributed by atoms with van der Waals surface area (Å²) < 4.78 is 0. The number of benzene rings is 2. The molecule has 2 aromatic rings. The topological polar surface area (TPSA) is 72.2 Å². The maximum atomic E-state index is 11.8. The molecule has 0 unspecified atom stereocenters. The summed E-state index contributed by atoms with van der Waals surface area (Å²) in [7, 11) is 0. The first-order chi connectivity index (χ1) is 9.99. The molecule has 4 nitrogen and oxygen atoms in total. The van der Waals surface area contributed by atoms with Crippen LogP contribution in [0, 0.1) is 5.92 Å². The Labute approximate surface area is 124 Å². The third-order valence-corrected chi connectivity index (χ3v) is 3.49. The second kappa shape index (κ2) is 6.39. The lowest BCUT2D eigenvalue weighted by atomic mass is 9.98. The van der Waals surface area contributed by atoms with Crippen LogP contribution in [0.4, 0.5) is 0 Å². The first-order valence-corrected chi connectivity index (χ1v) is 7.05. The van der Waals surface area contributed by atoms with Crippen molar-refractivity contribution in [2.45, 2.75) is 26.3 Å². The van der Waals surface area contributed by atoms with Gasteiger partial charge in [0.1, 0.15) is 6.04 Å². The summed E-state index contributed by atoms with van der Waals surface area (Å²) in [5.41, 5.74) is 6.42. The van der Waals surface area contributed by atoms with Crippen LogP contribution < -0.4 is 11.1 Å². The minimum absolute atomic E-state index is 0.168. The lowest BCUT2D eigenvalue weighted by Crippen LogP contribution is -2.47. The van der Waals surface area contributed by atoms with Crippen molar-refractivity contribution < 1.29 is 9.59 Å². The molecule has 1 atom stereocenters. The van der Waals surface area contributed by atoms with E-state index in [4.69, 9.17) is 5.73 Å². The van der Waals surface area contributed by atoms with Crippen molar-refractivity contribution in [1.82, 2.24) is 5.32 Å². The highest BCUT2D eigenvalue weighted by Gasteiger charge is 2.20. The maximum Gasteiger partial charge on any atom is 0.240 e. The van der Waals surface area contributed by atoms with Gasteiger partial charge in [0.25, 0.3) is 0 Å². The molecule has 21 heavy (non-hydrogen) atoms. The van der Waals surface area contributed by atoms with Crippen LogP contribution in [0.3, 0.4) is 0 Å². The van der Waals surface area contributed by atoms with Gasteiger partial charge in [-0.05, 0) is 16.3 Å². The minimum Gasteiger partial charge on any atom is -0.368 e. The fraction of sp³-hybridized carbons (Fsp3) is 0.294. The standard InChI is InChI=1S/C17H20N2O2/c1-11(2)17(21)19-15(16(18)20)10-13-8-5-7-12-6-3-4-9-14(12)13/h3-9,11,15H,10H2,1-2H3,(H2,18,20)(H,19,21)/t15-/m1/s1. The van der Waals surface area contributed by atoms with Crippen molar-refractivity contribution >= 4 is 22.6 Å². The van der Waals surface area contributed by atoms with Gasteiger partial charge in [0.05, 0.1) is 0 Å². The number of nitrogens with two attached hydrogens (primary N) is 1. The number of primary amides is 1. The first-order valence-electron chi connectivity index (χ1n) is 7.05. The fourth-order valence-corrected chi connectivity index (χ4v) is 2.25. The molecule has 0 aliphatic rings. The molecule has 0 saturated carbocycles. The summed E-state index contributed by atoms with van der Waals surface area (Å²) in [5, 5.41) is 4.89. The van der Waals surface area contributed by atoms with Crippen LogP contribution in [-0.4, -0.2) is 17.9 Å². The number of carbonyl (C=O) groups is 2. The predicted octanol–water partition coefficient (Wildman–Crippen LogP) is 2.01. The lowest BCUT2D eigenvalue weighted by molar-refractivity contribution is -0.129. The zero-order valence-electron chi connectivity index (χ0n) is 12.3. The Hall–Kier alpha value is -2.36. The molecule has 2 rings (SSSR count). The Bertz CT molecular complexity index is 659. The zero-order valence-corrected chi connectivity index (χ0v) is 12.3. The second-order valence-electron chi connectivity index (χ2n) is 5.46. The number of hydrogen-bond donors (Lipinski definition) is 2. The van der Waals surface area contributed by atoms with Crippen LogP contribution in [0.5, 0.6) is 0 Å². The van der Waals surface area contributed by atoms with Gasteiger partial charge in [-0.3, -0.25) is 9.59 Å². The Morgan fingerprint density at radius 2 is 1.76 bits per heavy atom. The van der Waals surface area contributed by atoms with Gasteiger partial charge in [-0.1, -0.05) is 56.3 Å². The molecule has 110 valence electrons. The lowest BCUT2D eigenvalue weighted by Gasteiger charge is -2.18. The van der Waals surface area contributed by atoms with Crippen LogP contribution in [0.25, 0.3) is 10.8 Å². The van der Waals surface area contributed by atoms with E-state index < -0.39 is 11.9 Å². The smallest absolute Gasteiger partial charge is 0.240 e. The van der Waals surface area contributed by atoms with Gasteiger partial charge >= 0.3 is 0 Å². The van der Waals surface area contributed by atoms with E-state index >= 15 is 0 Å². The molecule has 0 bridgehead atoms. The van der Waals surface area contributed by atoms with Crippen molar-refractivity contribution in [2.24, 2.45) is 11.7 Å². The zero-order chi connectivity index (χ0) is 15.4. The number of nitrogens with one attached hydrogen (secondary N) is 1. The summed E-state index contributed by atoms with van der Waals surface area (Å²) in [4.78, 5) is 23.4. The van der Waals surface area contributed by atoms with Crippen molar-refractivity contribution in [2.75, 3.05) is 0 Å². The number of carbonyl (C=O) groups excluding carboxylic acids is 2. The largest absolute Gasteiger partial charge is 0.368 e. The SMILES string of the molecule is CC(C)C(=O)N[C@H](Cc1cccc2ccccc12)C(N)=O. The molecule has 0 heterocycles. The average molecular weight is 284 g/mol. The summed E-state index contributed by atoms with van der Waals surface area (Å²) in [5.74, 6) is -0.865. The summed E-state index contributed by atoms with van der Waals surface area (Å²) in [6.07, 6.45) is 0.398. The number of rotatable bonds is 5. The van der Waals surface area contributed by atoms with Gasteiger partial charge in [0.15, 0.2) is 0 Å². The Morgan fingerprint density at radius 1 is 1.10 bits per heavy atom. The van der Waals surface area contributed by atoms with Crippen molar-refractivity contribution in [3.05, 3.63) is 48.0 Å². The highest BCUT2D eigenvalue weighted by Crippen LogP contribution is 2.19. The van der Waals surface area contributed by atoms with Crippen molar-refractivity contribution in [1.29, 1.82) is 0 Å². The molecular formula is C17H20N2O2. The summed E-state index contributed by atoms with van der Waals surface area (Å²) in [6, 6.07) is 13.2. The second-order valence-corrected chi connectivity index (χ2v) is 5.46. The Morgan fingerprint density at radius 3 is 2.43 bits per heavy atom. The monoisotopic (exact) mass is 284 g/mol. The molecule has 2 aromatic carbocycles. The van der Waals surface area contributed by atoms with Crippen LogP contribution in [0.15, 0.2) is 42.5 Å². The quantitative estimate of drug-likeness (QED) is 0.881. The van der Waals surface area contributed by atoms with Gasteiger partial charge in [-0.15, -0.1) is 0 Å². The number of fused-ring (bicyclic) bond motifs is 1. The van der Waals surface area contributed by atoms with E-state index in [2.05, 4.69) is 5.32 Å². The molecule has 0 fully saturated rings. The van der Waals surface area contributed by atoms with Gasteiger partial charge in [-0.25, -0.2) is 0 Å². The number of hydrogen-bond acceptors (Lipinski definition) is 2. The fourth-order valence-electron chi connectivity index (χ4n) is 2.25. The molecule has 0 aliphatic carbocycles. The van der Waals surface area contributed by atoms with E-state index in [9.17, 15) is 9.59 Å². The third kappa shape index (κ3) is 3.60. The molecular weight excluding hydrogens is 264 g/mol. The normalized spacial score (nSPS) is 12.3. The summed E-state index contributed by atoms with van der Waals surface area (Å²) >= 11 is 0. The molecule has 2 amide bonds. The molecule has 0 saturated heterocycles. The molecule has 0 radical (unpaired) electrons. The van der Waals surface area contributed by atoms with Gasteiger partial charge < -0.3 is 11.1 Å². The van der Waals surface area contributed by atoms with Crippen LogP contribution in [0.2, 0.25) is 0 Å². The first kappa shape index (κ1) is 15.0. The molecule has 0 spiro atoms. The van der Waals surface area contributed by atoms with E-state index in [1.54, 1.807) is 13.8 Å². The van der Waals surface area contributed by atoms with Gasteiger partial charge in [0, 0.05) is 12.3 Å². The highest BCUT2D eigenvalue weighted by atomic mass is 16.2. The van der Waals surface area contributed by atoms with E-state index in [-0.39, 0.29) is 11.8 Å². The van der Waals surface area contributed by atoms with E-state index in [1.165, 1.54) is 0 Å². The van der Waals surface area contributed by atoms with E-state index in [0.717, 1.165) is 16.3 Å². The van der Waals surface area contributed by atoms with Crippen LogP contribution in [0.1, 0.15) is 19.4 Å². The Balaban J connectivity index is 2.27. The van der Waals surface area contributed by atoms with Crippen LogP contribution >= 0.6 is 0 Å². The molecule has 3 N–H and O–H groups in total. The maximum absolute atomic E-state index is 11.8. The minimum atomic E-state index is -0.689.